The minimum Gasteiger partial charge on any atom is -0.497 e. The Labute approximate surface area is 178 Å². The summed E-state index contributed by atoms with van der Waals surface area (Å²) in [6.07, 6.45) is 0. The van der Waals surface area contributed by atoms with Gasteiger partial charge in [0.1, 0.15) is 34.5 Å². The molecule has 0 bridgehead atoms. The minimum atomic E-state index is -0.109. The molecule has 154 valence electrons. The fourth-order valence-electron chi connectivity index (χ4n) is 3.26. The molecule has 4 aromatic rings. The Morgan fingerprint density at radius 2 is 1.73 bits per heavy atom. The fourth-order valence-corrected chi connectivity index (χ4v) is 4.29. The highest BCUT2D eigenvalue weighted by atomic mass is 32.1. The molecule has 4 rings (SSSR count). The van der Waals surface area contributed by atoms with Crippen molar-refractivity contribution in [2.75, 3.05) is 14.2 Å². The molecule has 0 aliphatic heterocycles. The first-order valence-corrected chi connectivity index (χ1v) is 10.3. The minimum absolute atomic E-state index is 0.109. The third kappa shape index (κ3) is 3.76. The Morgan fingerprint density at radius 3 is 2.43 bits per heavy atom. The van der Waals surface area contributed by atoms with Crippen molar-refractivity contribution in [3.05, 3.63) is 68.8 Å². The number of thiophene rings is 1. The molecule has 2 aromatic carbocycles. The number of aromatic nitrogens is 2. The number of benzene rings is 2. The van der Waals surface area contributed by atoms with Gasteiger partial charge in [0.15, 0.2) is 0 Å². The van der Waals surface area contributed by atoms with E-state index in [1.54, 1.807) is 14.2 Å². The second-order valence-corrected chi connectivity index (χ2v) is 8.07. The lowest BCUT2D eigenvalue weighted by Gasteiger charge is -2.12. The van der Waals surface area contributed by atoms with Crippen LogP contribution in [0.4, 0.5) is 0 Å². The molecule has 0 saturated carbocycles. The normalized spacial score (nSPS) is 10.9. The molecule has 0 atom stereocenters. The molecule has 1 N–H and O–H groups in total. The van der Waals surface area contributed by atoms with Gasteiger partial charge in [0.2, 0.25) is 0 Å². The van der Waals surface area contributed by atoms with E-state index in [2.05, 4.69) is 9.97 Å². The zero-order valence-corrected chi connectivity index (χ0v) is 18.1. The molecular weight excluding hydrogens is 400 g/mol. The molecule has 2 aromatic heterocycles. The average Bonchev–Trinajstić information content (AvgIpc) is 3.06. The van der Waals surface area contributed by atoms with Crippen molar-refractivity contribution in [3.8, 4) is 28.6 Å². The van der Waals surface area contributed by atoms with Crippen molar-refractivity contribution in [1.29, 1.82) is 0 Å². The van der Waals surface area contributed by atoms with Crippen molar-refractivity contribution in [2.45, 2.75) is 20.5 Å². The van der Waals surface area contributed by atoms with Gasteiger partial charge in [0.05, 0.1) is 19.6 Å². The number of nitrogens with zero attached hydrogens (tertiary/aromatic N) is 1. The highest BCUT2D eigenvalue weighted by molar-refractivity contribution is 7.18. The van der Waals surface area contributed by atoms with E-state index < -0.39 is 0 Å². The second-order valence-electron chi connectivity index (χ2n) is 6.87. The molecule has 7 heteroatoms. The van der Waals surface area contributed by atoms with Gasteiger partial charge in [-0.2, -0.15) is 0 Å². The molecule has 0 aliphatic carbocycles. The molecule has 6 nitrogen and oxygen atoms in total. The number of aromatic amines is 1. The maximum absolute atomic E-state index is 12.5. The molecule has 0 amide bonds. The zero-order valence-electron chi connectivity index (χ0n) is 17.2. The van der Waals surface area contributed by atoms with E-state index in [0.717, 1.165) is 37.9 Å². The third-order valence-electron chi connectivity index (χ3n) is 5.05. The number of hydrogen-bond acceptors (Lipinski definition) is 6. The van der Waals surface area contributed by atoms with Gasteiger partial charge in [-0.1, -0.05) is 0 Å². The van der Waals surface area contributed by atoms with Crippen molar-refractivity contribution in [2.24, 2.45) is 0 Å². The SMILES string of the molecule is COc1ccc(OC)c(COc2ccc(-c3nc4sc(C)c(C)c4c(=O)[nH]3)cc2)c1. The van der Waals surface area contributed by atoms with E-state index in [4.69, 9.17) is 14.2 Å². The first-order chi connectivity index (χ1) is 14.5. The van der Waals surface area contributed by atoms with Crippen LogP contribution in [0.25, 0.3) is 21.6 Å². The van der Waals surface area contributed by atoms with Gasteiger partial charge in [0.25, 0.3) is 5.56 Å². The van der Waals surface area contributed by atoms with Gasteiger partial charge in [-0.3, -0.25) is 4.79 Å². The molecule has 0 saturated heterocycles. The van der Waals surface area contributed by atoms with E-state index in [1.807, 2.05) is 56.3 Å². The largest absolute Gasteiger partial charge is 0.497 e. The average molecular weight is 423 g/mol. The van der Waals surface area contributed by atoms with Crippen LogP contribution >= 0.6 is 11.3 Å². The predicted molar refractivity (Wildman–Crippen MR) is 119 cm³/mol. The van der Waals surface area contributed by atoms with Gasteiger partial charge in [-0.05, 0) is 61.9 Å². The maximum atomic E-state index is 12.5. The van der Waals surface area contributed by atoms with E-state index >= 15 is 0 Å². The molecule has 0 spiro atoms. The number of nitrogens with one attached hydrogen (secondary N) is 1. The lowest BCUT2D eigenvalue weighted by Crippen LogP contribution is -2.09. The van der Waals surface area contributed by atoms with E-state index in [9.17, 15) is 4.79 Å². The summed E-state index contributed by atoms with van der Waals surface area (Å²) in [5.41, 5.74) is 2.60. The van der Waals surface area contributed by atoms with Gasteiger partial charge in [0, 0.05) is 16.0 Å². The smallest absolute Gasteiger partial charge is 0.260 e. The number of hydrogen-bond donors (Lipinski definition) is 1. The number of aryl methyl sites for hydroxylation is 2. The lowest BCUT2D eigenvalue weighted by atomic mass is 10.2. The van der Waals surface area contributed by atoms with Crippen LogP contribution in [0, 0.1) is 13.8 Å². The van der Waals surface area contributed by atoms with Crippen LogP contribution in [0.2, 0.25) is 0 Å². The Hall–Kier alpha value is -3.32. The molecule has 2 heterocycles. The summed E-state index contributed by atoms with van der Waals surface area (Å²) in [5.74, 6) is 2.74. The highest BCUT2D eigenvalue weighted by Crippen LogP contribution is 2.29. The third-order valence-corrected chi connectivity index (χ3v) is 6.15. The number of rotatable bonds is 6. The summed E-state index contributed by atoms with van der Waals surface area (Å²) in [6, 6.07) is 13.1. The van der Waals surface area contributed by atoms with Crippen molar-refractivity contribution < 1.29 is 14.2 Å². The maximum Gasteiger partial charge on any atom is 0.260 e. The fraction of sp³-hybridized carbons (Fsp3) is 0.217. The molecule has 0 aliphatic rings. The Kier molecular flexibility index (Phi) is 5.46. The standard InChI is InChI=1S/C23H22N2O4S/c1-13-14(2)30-23-20(13)22(26)24-21(25-23)15-5-7-17(8-6-15)29-12-16-11-18(27-3)9-10-19(16)28-4/h5-11H,12H2,1-4H3,(H,24,25,26). The summed E-state index contributed by atoms with van der Waals surface area (Å²) < 4.78 is 16.6. The highest BCUT2D eigenvalue weighted by Gasteiger charge is 2.13. The molecule has 30 heavy (non-hydrogen) atoms. The first kappa shape index (κ1) is 20.0. The van der Waals surface area contributed by atoms with E-state index in [-0.39, 0.29) is 5.56 Å². The van der Waals surface area contributed by atoms with Crippen LogP contribution in [-0.2, 0) is 6.61 Å². The van der Waals surface area contributed by atoms with Gasteiger partial charge in [-0.15, -0.1) is 11.3 Å². The number of fused-ring (bicyclic) bond motifs is 1. The molecule has 0 radical (unpaired) electrons. The Balaban J connectivity index is 1.55. The van der Waals surface area contributed by atoms with Gasteiger partial charge >= 0.3 is 0 Å². The number of methoxy groups -OCH3 is 2. The summed E-state index contributed by atoms with van der Waals surface area (Å²) in [5, 5.41) is 0.674. The quantitative estimate of drug-likeness (QED) is 0.480. The molecule has 0 fully saturated rings. The summed E-state index contributed by atoms with van der Waals surface area (Å²) >= 11 is 1.54. The summed E-state index contributed by atoms with van der Waals surface area (Å²) in [6.45, 7) is 4.30. The Bertz CT molecular complexity index is 1260. The second kappa shape index (κ2) is 8.20. The van der Waals surface area contributed by atoms with E-state index in [0.29, 0.717) is 23.6 Å². The topological polar surface area (TPSA) is 73.4 Å². The first-order valence-electron chi connectivity index (χ1n) is 9.44. The summed E-state index contributed by atoms with van der Waals surface area (Å²) in [4.78, 5) is 21.9. The zero-order chi connectivity index (χ0) is 21.3. The van der Waals surface area contributed by atoms with Crippen LogP contribution in [-0.4, -0.2) is 24.2 Å². The van der Waals surface area contributed by atoms with Crippen LogP contribution in [0.5, 0.6) is 17.2 Å². The summed E-state index contributed by atoms with van der Waals surface area (Å²) in [7, 11) is 3.25. The van der Waals surface area contributed by atoms with Crippen LogP contribution in [0.3, 0.4) is 0 Å². The van der Waals surface area contributed by atoms with Gasteiger partial charge < -0.3 is 19.2 Å². The van der Waals surface area contributed by atoms with Crippen LogP contribution < -0.4 is 19.8 Å². The van der Waals surface area contributed by atoms with Gasteiger partial charge in [-0.25, -0.2) is 4.98 Å². The Morgan fingerprint density at radius 1 is 1.00 bits per heavy atom. The predicted octanol–water partition coefficient (Wildman–Crippen LogP) is 4.86. The van der Waals surface area contributed by atoms with Crippen LogP contribution in [0.15, 0.2) is 47.3 Å². The van der Waals surface area contributed by atoms with Crippen molar-refractivity contribution in [1.82, 2.24) is 9.97 Å². The van der Waals surface area contributed by atoms with E-state index in [1.165, 1.54) is 11.3 Å². The number of ether oxygens (including phenoxy) is 3. The molecule has 0 unspecified atom stereocenters. The number of H-pyrrole nitrogens is 1. The lowest BCUT2D eigenvalue weighted by molar-refractivity contribution is 0.295. The monoisotopic (exact) mass is 422 g/mol. The van der Waals surface area contributed by atoms with Crippen molar-refractivity contribution in [3.63, 3.8) is 0 Å². The van der Waals surface area contributed by atoms with Crippen LogP contribution in [0.1, 0.15) is 16.0 Å². The van der Waals surface area contributed by atoms with Crippen molar-refractivity contribution >= 4 is 21.6 Å². The molecular formula is C23H22N2O4S.